The van der Waals surface area contributed by atoms with Gasteiger partial charge in [0.15, 0.2) is 0 Å². The van der Waals surface area contributed by atoms with E-state index >= 15 is 0 Å². The number of rotatable bonds is 3. The number of amides is 2. The largest absolute Gasteiger partial charge is 0.362 e. The summed E-state index contributed by atoms with van der Waals surface area (Å²) in [5.74, 6) is 0.0543. The zero-order valence-electron chi connectivity index (χ0n) is 7.97. The van der Waals surface area contributed by atoms with Crippen molar-refractivity contribution >= 4 is 11.8 Å². The minimum absolute atomic E-state index is 0.0257. The molecule has 0 saturated carbocycles. The van der Waals surface area contributed by atoms with Crippen LogP contribution in [-0.4, -0.2) is 51.7 Å². The molecule has 1 N–H and O–H groups in total. The number of hydrogen-bond donors (Lipinski definition) is 1. The van der Waals surface area contributed by atoms with Crippen LogP contribution in [0, 0.1) is 0 Å². The van der Waals surface area contributed by atoms with Crippen molar-refractivity contribution in [1.82, 2.24) is 20.1 Å². The third kappa shape index (κ3) is 2.18. The number of H-pyrrole nitrogens is 1. The lowest BCUT2D eigenvalue weighted by molar-refractivity contribution is -0.158. The van der Waals surface area contributed by atoms with E-state index in [1.54, 1.807) is 0 Å². The van der Waals surface area contributed by atoms with E-state index in [1.165, 1.54) is 11.2 Å². The molecule has 0 spiro atoms. The maximum atomic E-state index is 11.3. The lowest BCUT2D eigenvalue weighted by Crippen LogP contribution is -2.47. The smallest absolute Gasteiger partial charge is 0.255 e. The van der Waals surface area contributed by atoms with Gasteiger partial charge in [0.2, 0.25) is 0 Å². The maximum Gasteiger partial charge on any atom is 0.255 e. The minimum atomic E-state index is -0.300. The fourth-order valence-electron chi connectivity index (χ4n) is 1.34. The Hall–Kier alpha value is -1.76. The molecule has 1 fully saturated rings. The van der Waals surface area contributed by atoms with Crippen molar-refractivity contribution in [1.29, 1.82) is 0 Å². The van der Waals surface area contributed by atoms with E-state index in [2.05, 4.69) is 15.2 Å². The van der Waals surface area contributed by atoms with Gasteiger partial charge >= 0.3 is 0 Å². The molecule has 15 heavy (non-hydrogen) atoms. The van der Waals surface area contributed by atoms with Crippen LogP contribution in [0.25, 0.3) is 0 Å². The predicted octanol–water partition coefficient (Wildman–Crippen LogP) is -1.27. The van der Waals surface area contributed by atoms with E-state index < -0.39 is 0 Å². The maximum absolute atomic E-state index is 11.3. The Morgan fingerprint density at radius 1 is 1.40 bits per heavy atom. The Morgan fingerprint density at radius 3 is 2.73 bits per heavy atom. The summed E-state index contributed by atoms with van der Waals surface area (Å²) in [4.78, 5) is 27.7. The van der Waals surface area contributed by atoms with Gasteiger partial charge in [-0.05, 0) is 0 Å². The third-order valence-corrected chi connectivity index (χ3v) is 2.09. The molecule has 1 aromatic rings. The molecule has 2 amide bonds. The first-order chi connectivity index (χ1) is 7.27. The van der Waals surface area contributed by atoms with Gasteiger partial charge in [0.05, 0.1) is 0 Å². The van der Waals surface area contributed by atoms with E-state index in [-0.39, 0.29) is 25.0 Å². The van der Waals surface area contributed by atoms with Crippen LogP contribution >= 0.6 is 0 Å². The van der Waals surface area contributed by atoms with E-state index in [0.29, 0.717) is 18.8 Å². The lowest BCUT2D eigenvalue weighted by Gasteiger charge is -2.24. The van der Waals surface area contributed by atoms with Crippen LogP contribution in [0.3, 0.4) is 0 Å². The SMILES string of the molecule is O=C1COCC(=O)N1CCc1ncn[nH]1. The zero-order chi connectivity index (χ0) is 10.7. The fourth-order valence-corrected chi connectivity index (χ4v) is 1.34. The molecular formula is C8H10N4O3. The number of hydrogen-bond acceptors (Lipinski definition) is 5. The first-order valence-corrected chi connectivity index (χ1v) is 4.52. The molecule has 0 bridgehead atoms. The summed E-state index contributed by atoms with van der Waals surface area (Å²) in [6, 6.07) is 0. The average molecular weight is 210 g/mol. The van der Waals surface area contributed by atoms with Crippen molar-refractivity contribution in [3.63, 3.8) is 0 Å². The van der Waals surface area contributed by atoms with Crippen molar-refractivity contribution in [3.05, 3.63) is 12.2 Å². The first kappa shape index (κ1) is 9.78. The molecule has 2 heterocycles. The topological polar surface area (TPSA) is 88.2 Å². The Labute approximate surface area is 85.4 Å². The third-order valence-electron chi connectivity index (χ3n) is 2.09. The summed E-state index contributed by atoms with van der Waals surface area (Å²) >= 11 is 0. The molecular weight excluding hydrogens is 200 g/mol. The van der Waals surface area contributed by atoms with E-state index in [1.807, 2.05) is 0 Å². The van der Waals surface area contributed by atoms with Crippen LogP contribution in [0.1, 0.15) is 5.82 Å². The van der Waals surface area contributed by atoms with Crippen LogP contribution in [0.15, 0.2) is 6.33 Å². The highest BCUT2D eigenvalue weighted by Crippen LogP contribution is 2.02. The van der Waals surface area contributed by atoms with Crippen LogP contribution in [0.5, 0.6) is 0 Å². The second-order valence-corrected chi connectivity index (χ2v) is 3.11. The van der Waals surface area contributed by atoms with Gasteiger partial charge < -0.3 is 4.74 Å². The van der Waals surface area contributed by atoms with Crippen LogP contribution in [-0.2, 0) is 20.7 Å². The first-order valence-electron chi connectivity index (χ1n) is 4.52. The fraction of sp³-hybridized carbons (Fsp3) is 0.500. The Bertz CT molecular complexity index is 346. The van der Waals surface area contributed by atoms with Gasteiger partial charge in [-0.15, -0.1) is 0 Å². The van der Waals surface area contributed by atoms with Crippen molar-refractivity contribution < 1.29 is 14.3 Å². The molecule has 2 rings (SSSR count). The molecule has 1 aliphatic heterocycles. The van der Waals surface area contributed by atoms with Crippen molar-refractivity contribution in [2.45, 2.75) is 6.42 Å². The Kier molecular flexibility index (Phi) is 2.72. The monoisotopic (exact) mass is 210 g/mol. The van der Waals surface area contributed by atoms with E-state index in [4.69, 9.17) is 4.74 Å². The highest BCUT2D eigenvalue weighted by Gasteiger charge is 2.26. The molecule has 0 radical (unpaired) electrons. The molecule has 0 unspecified atom stereocenters. The number of nitrogens with zero attached hydrogens (tertiary/aromatic N) is 3. The second-order valence-electron chi connectivity index (χ2n) is 3.11. The quantitative estimate of drug-likeness (QED) is 0.628. The van der Waals surface area contributed by atoms with Crippen molar-refractivity contribution in [2.24, 2.45) is 0 Å². The number of carbonyl (C=O) groups excluding carboxylic acids is 2. The summed E-state index contributed by atoms with van der Waals surface area (Å²) in [5.41, 5.74) is 0. The number of aromatic amines is 1. The van der Waals surface area contributed by atoms with Gasteiger partial charge in [0, 0.05) is 13.0 Å². The summed E-state index contributed by atoms with van der Waals surface area (Å²) < 4.78 is 4.78. The molecule has 1 aliphatic rings. The average Bonchev–Trinajstić information content (AvgIpc) is 2.70. The summed E-state index contributed by atoms with van der Waals surface area (Å²) in [6.45, 7) is 0.264. The van der Waals surface area contributed by atoms with Gasteiger partial charge in [-0.3, -0.25) is 19.6 Å². The number of ether oxygens (including phenoxy) is 1. The van der Waals surface area contributed by atoms with Gasteiger partial charge in [-0.1, -0.05) is 0 Å². The number of morpholine rings is 1. The number of aromatic nitrogens is 3. The van der Waals surface area contributed by atoms with Gasteiger partial charge in [-0.2, -0.15) is 5.10 Å². The summed E-state index contributed by atoms with van der Waals surface area (Å²) in [6.07, 6.45) is 1.87. The van der Waals surface area contributed by atoms with E-state index in [9.17, 15) is 9.59 Å². The predicted molar refractivity (Wildman–Crippen MR) is 47.6 cm³/mol. The van der Waals surface area contributed by atoms with Gasteiger partial charge in [0.1, 0.15) is 25.4 Å². The molecule has 0 aromatic carbocycles. The number of imide groups is 1. The second kappa shape index (κ2) is 4.18. The van der Waals surface area contributed by atoms with Gasteiger partial charge in [0.25, 0.3) is 11.8 Å². The lowest BCUT2D eigenvalue weighted by atomic mass is 10.3. The van der Waals surface area contributed by atoms with Crippen molar-refractivity contribution in [2.75, 3.05) is 19.8 Å². The number of carbonyl (C=O) groups is 2. The molecule has 7 heteroatoms. The van der Waals surface area contributed by atoms with Crippen LogP contribution < -0.4 is 0 Å². The molecule has 80 valence electrons. The molecule has 1 saturated heterocycles. The van der Waals surface area contributed by atoms with Crippen LogP contribution in [0.4, 0.5) is 0 Å². The Morgan fingerprint density at radius 2 is 2.13 bits per heavy atom. The van der Waals surface area contributed by atoms with E-state index in [0.717, 1.165) is 0 Å². The van der Waals surface area contributed by atoms with Gasteiger partial charge in [-0.25, -0.2) is 4.98 Å². The Balaban J connectivity index is 1.92. The molecule has 0 atom stereocenters. The minimum Gasteiger partial charge on any atom is -0.362 e. The molecule has 7 nitrogen and oxygen atoms in total. The zero-order valence-corrected chi connectivity index (χ0v) is 7.97. The highest BCUT2D eigenvalue weighted by atomic mass is 16.5. The standard InChI is InChI=1S/C8H10N4O3/c13-7-3-15-4-8(14)12(7)2-1-6-9-5-10-11-6/h5H,1-4H2,(H,9,10,11). The van der Waals surface area contributed by atoms with Crippen molar-refractivity contribution in [3.8, 4) is 0 Å². The molecule has 1 aromatic heterocycles. The highest BCUT2D eigenvalue weighted by molar-refractivity contribution is 5.98. The normalized spacial score (nSPS) is 17.2. The van der Waals surface area contributed by atoms with Crippen LogP contribution in [0.2, 0.25) is 0 Å². The number of nitrogens with one attached hydrogen (secondary N) is 1. The molecule has 0 aliphatic carbocycles. The summed E-state index contributed by atoms with van der Waals surface area (Å²) in [5, 5.41) is 6.34. The summed E-state index contributed by atoms with van der Waals surface area (Å²) in [7, 11) is 0.